The summed E-state index contributed by atoms with van der Waals surface area (Å²) in [5, 5.41) is 2.86. The van der Waals surface area contributed by atoms with Gasteiger partial charge in [-0.2, -0.15) is 0 Å². The lowest BCUT2D eigenvalue weighted by molar-refractivity contribution is -0.138. The molecule has 4 nitrogen and oxygen atoms in total. The van der Waals surface area contributed by atoms with E-state index in [1.165, 1.54) is 17.8 Å². The number of amides is 2. The van der Waals surface area contributed by atoms with Gasteiger partial charge in [0.1, 0.15) is 11.9 Å². The van der Waals surface area contributed by atoms with E-state index in [4.69, 9.17) is 0 Å². The first kappa shape index (κ1) is 22.9. The number of halogens is 1. The maximum atomic E-state index is 13.8. The first-order chi connectivity index (χ1) is 13.9. The van der Waals surface area contributed by atoms with Gasteiger partial charge in [-0.15, -0.1) is 11.8 Å². The molecule has 0 heterocycles. The Bertz CT molecular complexity index is 828. The number of carbonyl (C=O) groups is 2. The first-order valence-electron chi connectivity index (χ1n) is 9.86. The van der Waals surface area contributed by atoms with Crippen molar-refractivity contribution in [3.63, 3.8) is 0 Å². The average Bonchev–Trinajstić information content (AvgIpc) is 2.71. The number of nitrogens with one attached hydrogen (secondary N) is 1. The zero-order valence-corrected chi connectivity index (χ0v) is 18.1. The molecular formula is C23H29FN2O2S. The van der Waals surface area contributed by atoms with Crippen LogP contribution >= 0.6 is 11.8 Å². The molecule has 0 aliphatic carbocycles. The fraction of sp³-hybridized carbons (Fsp3) is 0.391. The largest absolute Gasteiger partial charge is 0.354 e. The maximum absolute atomic E-state index is 13.8. The van der Waals surface area contributed by atoms with Gasteiger partial charge in [-0.05, 0) is 37.5 Å². The summed E-state index contributed by atoms with van der Waals surface area (Å²) in [6.45, 7) is 6.68. The maximum Gasteiger partial charge on any atom is 0.242 e. The summed E-state index contributed by atoms with van der Waals surface area (Å²) in [6, 6.07) is 13.9. The fourth-order valence-electron chi connectivity index (χ4n) is 2.93. The minimum atomic E-state index is -0.580. The molecule has 0 radical (unpaired) electrons. The summed E-state index contributed by atoms with van der Waals surface area (Å²) >= 11 is 1.35. The highest BCUT2D eigenvalue weighted by Gasteiger charge is 2.25. The Labute approximate surface area is 176 Å². The van der Waals surface area contributed by atoms with Gasteiger partial charge in [-0.3, -0.25) is 9.59 Å². The SMILES string of the molecule is CCCNC(=O)[C@@H](C)N(Cc1cccc(C)c1)C(=O)CSCc1ccccc1F. The number of nitrogens with zero attached hydrogens (tertiary/aromatic N) is 1. The summed E-state index contributed by atoms with van der Waals surface area (Å²) in [5.41, 5.74) is 2.66. The molecule has 29 heavy (non-hydrogen) atoms. The van der Waals surface area contributed by atoms with Gasteiger partial charge in [0.2, 0.25) is 11.8 Å². The van der Waals surface area contributed by atoms with Crippen molar-refractivity contribution >= 4 is 23.6 Å². The lowest BCUT2D eigenvalue weighted by atomic mass is 10.1. The van der Waals surface area contributed by atoms with Crippen LogP contribution in [0.15, 0.2) is 48.5 Å². The van der Waals surface area contributed by atoms with Crippen molar-refractivity contribution in [2.45, 2.75) is 45.5 Å². The normalized spacial score (nSPS) is 11.7. The molecule has 6 heteroatoms. The standard InChI is InChI=1S/C23H29FN2O2S/c1-4-12-25-23(28)18(3)26(14-19-9-7-8-17(2)13-19)22(27)16-29-15-20-10-5-6-11-21(20)24/h5-11,13,18H,4,12,14-16H2,1-3H3,(H,25,28)/t18-/m1/s1. The van der Waals surface area contributed by atoms with Gasteiger partial charge in [-0.1, -0.05) is 55.0 Å². The molecule has 156 valence electrons. The van der Waals surface area contributed by atoms with Gasteiger partial charge in [-0.25, -0.2) is 4.39 Å². The fourth-order valence-corrected chi connectivity index (χ4v) is 3.83. The van der Waals surface area contributed by atoms with Gasteiger partial charge in [0, 0.05) is 18.8 Å². The molecule has 2 aromatic rings. The van der Waals surface area contributed by atoms with Gasteiger partial charge < -0.3 is 10.2 Å². The summed E-state index contributed by atoms with van der Waals surface area (Å²) < 4.78 is 13.8. The number of rotatable bonds is 10. The quantitative estimate of drug-likeness (QED) is 0.628. The van der Waals surface area contributed by atoms with E-state index in [1.807, 2.05) is 38.1 Å². The molecule has 2 rings (SSSR count). The van der Waals surface area contributed by atoms with E-state index in [1.54, 1.807) is 30.0 Å². The topological polar surface area (TPSA) is 49.4 Å². The van der Waals surface area contributed by atoms with E-state index >= 15 is 0 Å². The molecule has 0 unspecified atom stereocenters. The van der Waals surface area contributed by atoms with Crippen LogP contribution in [0.1, 0.15) is 37.0 Å². The lowest BCUT2D eigenvalue weighted by Crippen LogP contribution is -2.48. The second kappa shape index (κ2) is 11.6. The molecule has 0 saturated carbocycles. The van der Waals surface area contributed by atoms with Crippen molar-refractivity contribution in [1.82, 2.24) is 10.2 Å². The molecule has 0 aliphatic heterocycles. The summed E-state index contributed by atoms with van der Waals surface area (Å²) in [6.07, 6.45) is 0.836. The van der Waals surface area contributed by atoms with Gasteiger partial charge in [0.25, 0.3) is 0 Å². The Hall–Kier alpha value is -2.34. The monoisotopic (exact) mass is 416 g/mol. The molecule has 1 atom stereocenters. The highest BCUT2D eigenvalue weighted by Crippen LogP contribution is 2.18. The van der Waals surface area contributed by atoms with Crippen LogP contribution in [0.4, 0.5) is 4.39 Å². The van der Waals surface area contributed by atoms with Crippen LogP contribution in [0.2, 0.25) is 0 Å². The third-order valence-electron chi connectivity index (χ3n) is 4.59. The third-order valence-corrected chi connectivity index (χ3v) is 5.56. The van der Waals surface area contributed by atoms with Gasteiger partial charge in [0.15, 0.2) is 0 Å². The van der Waals surface area contributed by atoms with Crippen LogP contribution < -0.4 is 5.32 Å². The van der Waals surface area contributed by atoms with E-state index < -0.39 is 6.04 Å². The van der Waals surface area contributed by atoms with E-state index in [0.29, 0.717) is 24.4 Å². The van der Waals surface area contributed by atoms with Crippen molar-refractivity contribution in [2.24, 2.45) is 0 Å². The summed E-state index contributed by atoms with van der Waals surface area (Å²) in [5.74, 6) is 0.0360. The minimum Gasteiger partial charge on any atom is -0.354 e. The van der Waals surface area contributed by atoms with Crippen LogP contribution in [0.5, 0.6) is 0 Å². The van der Waals surface area contributed by atoms with Gasteiger partial charge >= 0.3 is 0 Å². The average molecular weight is 417 g/mol. The van der Waals surface area contributed by atoms with Crippen molar-refractivity contribution < 1.29 is 14.0 Å². The number of aryl methyl sites for hydroxylation is 1. The minimum absolute atomic E-state index is 0.132. The Morgan fingerprint density at radius 2 is 1.93 bits per heavy atom. The Kier molecular flexibility index (Phi) is 9.19. The zero-order chi connectivity index (χ0) is 21.2. The molecular weight excluding hydrogens is 387 g/mol. The number of thioether (sulfide) groups is 1. The van der Waals surface area contributed by atoms with Crippen molar-refractivity contribution in [1.29, 1.82) is 0 Å². The molecule has 0 spiro atoms. The highest BCUT2D eigenvalue weighted by molar-refractivity contribution is 7.99. The predicted octanol–water partition coefficient (Wildman–Crippen LogP) is 4.31. The van der Waals surface area contributed by atoms with Crippen LogP contribution in [0, 0.1) is 12.7 Å². The number of hydrogen-bond acceptors (Lipinski definition) is 3. The zero-order valence-electron chi connectivity index (χ0n) is 17.3. The second-order valence-electron chi connectivity index (χ2n) is 7.06. The van der Waals surface area contributed by atoms with E-state index in [-0.39, 0.29) is 23.4 Å². The summed E-state index contributed by atoms with van der Waals surface area (Å²) in [7, 11) is 0. The summed E-state index contributed by atoms with van der Waals surface area (Å²) in [4.78, 5) is 27.0. The Morgan fingerprint density at radius 1 is 1.17 bits per heavy atom. The van der Waals surface area contributed by atoms with Crippen LogP contribution in [-0.2, 0) is 21.9 Å². The molecule has 0 aromatic heterocycles. The van der Waals surface area contributed by atoms with E-state index in [2.05, 4.69) is 5.32 Å². The number of benzene rings is 2. The molecule has 0 saturated heterocycles. The lowest BCUT2D eigenvalue weighted by Gasteiger charge is -2.29. The number of carbonyl (C=O) groups excluding carboxylic acids is 2. The van der Waals surface area contributed by atoms with Gasteiger partial charge in [0.05, 0.1) is 5.75 Å². The molecule has 0 bridgehead atoms. The smallest absolute Gasteiger partial charge is 0.242 e. The molecule has 0 aliphatic rings. The van der Waals surface area contributed by atoms with Crippen LogP contribution in [-0.4, -0.2) is 35.1 Å². The number of hydrogen-bond donors (Lipinski definition) is 1. The van der Waals surface area contributed by atoms with Crippen LogP contribution in [0.25, 0.3) is 0 Å². The first-order valence-corrected chi connectivity index (χ1v) is 11.0. The van der Waals surface area contributed by atoms with E-state index in [9.17, 15) is 14.0 Å². The third kappa shape index (κ3) is 7.20. The second-order valence-corrected chi connectivity index (χ2v) is 8.05. The van der Waals surface area contributed by atoms with Crippen LogP contribution in [0.3, 0.4) is 0 Å². The van der Waals surface area contributed by atoms with E-state index in [0.717, 1.165) is 17.5 Å². The molecule has 1 N–H and O–H groups in total. The van der Waals surface area contributed by atoms with Crippen molar-refractivity contribution in [3.05, 3.63) is 71.0 Å². The predicted molar refractivity (Wildman–Crippen MR) is 117 cm³/mol. The Morgan fingerprint density at radius 3 is 2.62 bits per heavy atom. The van der Waals surface area contributed by atoms with Crippen molar-refractivity contribution in [2.75, 3.05) is 12.3 Å². The Balaban J connectivity index is 2.07. The van der Waals surface area contributed by atoms with Crippen molar-refractivity contribution in [3.8, 4) is 0 Å². The molecule has 2 aromatic carbocycles. The highest BCUT2D eigenvalue weighted by atomic mass is 32.2. The molecule has 0 fully saturated rings. The molecule has 2 amide bonds.